The number of carbonyl (C=O) groups is 2. The Bertz CT molecular complexity index is 797. The SMILES string of the molecule is Cc1ccc(-n2nc(C(=O)N3CC(C(=O)O)O[C@H](C)C3)cc2C)cc1. The maximum absolute atomic E-state index is 12.8. The number of carbonyl (C=O) groups excluding carboxylic acids is 1. The van der Waals surface area contributed by atoms with Crippen LogP contribution in [0.25, 0.3) is 5.69 Å². The van der Waals surface area contributed by atoms with Gasteiger partial charge in [-0.15, -0.1) is 0 Å². The molecule has 1 unspecified atom stereocenters. The first kappa shape index (κ1) is 17.2. The van der Waals surface area contributed by atoms with Gasteiger partial charge in [0.1, 0.15) is 0 Å². The van der Waals surface area contributed by atoms with E-state index in [1.165, 1.54) is 4.90 Å². The van der Waals surface area contributed by atoms with Crippen molar-refractivity contribution in [2.45, 2.75) is 33.0 Å². The van der Waals surface area contributed by atoms with E-state index in [1.807, 2.05) is 38.1 Å². The monoisotopic (exact) mass is 343 g/mol. The van der Waals surface area contributed by atoms with Crippen molar-refractivity contribution in [1.29, 1.82) is 0 Å². The van der Waals surface area contributed by atoms with E-state index in [-0.39, 0.29) is 18.6 Å². The Morgan fingerprint density at radius 1 is 1.20 bits per heavy atom. The quantitative estimate of drug-likeness (QED) is 0.919. The molecular weight excluding hydrogens is 322 g/mol. The lowest BCUT2D eigenvalue weighted by Gasteiger charge is -2.34. The molecule has 1 fully saturated rings. The van der Waals surface area contributed by atoms with Crippen LogP contribution in [0.15, 0.2) is 30.3 Å². The summed E-state index contributed by atoms with van der Waals surface area (Å²) in [6.07, 6.45) is -1.34. The Balaban J connectivity index is 1.84. The van der Waals surface area contributed by atoms with Crippen LogP contribution in [-0.2, 0) is 9.53 Å². The van der Waals surface area contributed by atoms with Crippen molar-refractivity contribution in [3.8, 4) is 5.69 Å². The zero-order valence-corrected chi connectivity index (χ0v) is 14.5. The first-order valence-corrected chi connectivity index (χ1v) is 8.16. The summed E-state index contributed by atoms with van der Waals surface area (Å²) in [6, 6.07) is 9.58. The third-order valence-corrected chi connectivity index (χ3v) is 4.21. The van der Waals surface area contributed by atoms with Crippen molar-refractivity contribution in [2.75, 3.05) is 13.1 Å². The number of hydrogen-bond donors (Lipinski definition) is 1. The third kappa shape index (κ3) is 3.56. The Morgan fingerprint density at radius 2 is 1.88 bits per heavy atom. The number of rotatable bonds is 3. The highest BCUT2D eigenvalue weighted by Crippen LogP contribution is 2.17. The van der Waals surface area contributed by atoms with Crippen molar-refractivity contribution in [1.82, 2.24) is 14.7 Å². The predicted molar refractivity (Wildman–Crippen MR) is 90.9 cm³/mol. The standard InChI is InChI=1S/C18H21N3O4/c1-11-4-6-14(7-5-11)21-12(2)8-15(19-21)17(22)20-9-13(3)25-16(10-20)18(23)24/h4-8,13,16H,9-10H2,1-3H3,(H,23,24)/t13-,16?/m1/s1. The molecule has 3 rings (SSSR count). The number of hydrogen-bond acceptors (Lipinski definition) is 4. The molecule has 2 atom stereocenters. The van der Waals surface area contributed by atoms with Gasteiger partial charge in [-0.25, -0.2) is 9.48 Å². The Labute approximate surface area is 145 Å². The number of morpholine rings is 1. The molecule has 1 aliphatic rings. The van der Waals surface area contributed by atoms with Crippen LogP contribution in [-0.4, -0.2) is 57.0 Å². The molecule has 2 heterocycles. The number of carboxylic acids is 1. The van der Waals surface area contributed by atoms with Crippen molar-refractivity contribution in [3.63, 3.8) is 0 Å². The molecular formula is C18H21N3O4. The Morgan fingerprint density at radius 3 is 2.52 bits per heavy atom. The minimum absolute atomic E-state index is 0.0228. The van der Waals surface area contributed by atoms with E-state index in [0.717, 1.165) is 16.9 Å². The van der Waals surface area contributed by atoms with Gasteiger partial charge in [0.2, 0.25) is 0 Å². The smallest absolute Gasteiger partial charge is 0.334 e. The van der Waals surface area contributed by atoms with Gasteiger partial charge in [-0.2, -0.15) is 5.10 Å². The fourth-order valence-corrected chi connectivity index (χ4v) is 2.94. The van der Waals surface area contributed by atoms with Crippen molar-refractivity contribution >= 4 is 11.9 Å². The molecule has 1 saturated heterocycles. The molecule has 0 spiro atoms. The largest absolute Gasteiger partial charge is 0.479 e. The Kier molecular flexibility index (Phi) is 4.59. The fourth-order valence-electron chi connectivity index (χ4n) is 2.94. The summed E-state index contributed by atoms with van der Waals surface area (Å²) < 4.78 is 7.07. The van der Waals surface area contributed by atoms with Gasteiger partial charge >= 0.3 is 5.97 Å². The molecule has 0 bridgehead atoms. The molecule has 1 aromatic heterocycles. The highest BCUT2D eigenvalue weighted by Gasteiger charge is 2.33. The summed E-state index contributed by atoms with van der Waals surface area (Å²) in [5.74, 6) is -1.35. The number of nitrogens with zero attached hydrogens (tertiary/aromatic N) is 3. The van der Waals surface area contributed by atoms with Gasteiger partial charge < -0.3 is 14.7 Å². The van der Waals surface area contributed by atoms with Gasteiger partial charge in [-0.1, -0.05) is 17.7 Å². The second-order valence-electron chi connectivity index (χ2n) is 6.40. The van der Waals surface area contributed by atoms with Crippen LogP contribution in [0.1, 0.15) is 28.7 Å². The minimum Gasteiger partial charge on any atom is -0.479 e. The van der Waals surface area contributed by atoms with Crippen molar-refractivity contribution in [3.05, 3.63) is 47.3 Å². The molecule has 1 amide bonds. The molecule has 1 N–H and O–H groups in total. The van der Waals surface area contributed by atoms with Crippen LogP contribution in [0.2, 0.25) is 0 Å². The average Bonchev–Trinajstić information content (AvgIpc) is 2.96. The van der Waals surface area contributed by atoms with Crippen LogP contribution >= 0.6 is 0 Å². The van der Waals surface area contributed by atoms with Gasteiger partial charge in [0, 0.05) is 12.2 Å². The molecule has 2 aromatic rings. The second-order valence-corrected chi connectivity index (χ2v) is 6.40. The van der Waals surface area contributed by atoms with Gasteiger partial charge in [0.05, 0.1) is 18.3 Å². The van der Waals surface area contributed by atoms with E-state index in [1.54, 1.807) is 17.7 Å². The second kappa shape index (κ2) is 6.68. The molecule has 1 aliphatic heterocycles. The molecule has 132 valence electrons. The van der Waals surface area contributed by atoms with Crippen molar-refractivity contribution in [2.24, 2.45) is 0 Å². The van der Waals surface area contributed by atoms with E-state index < -0.39 is 12.1 Å². The number of carboxylic acid groups (broad SMARTS) is 1. The number of aryl methyl sites for hydroxylation is 2. The molecule has 1 aromatic carbocycles. The van der Waals surface area contributed by atoms with E-state index in [0.29, 0.717) is 12.2 Å². The van der Waals surface area contributed by atoms with Crippen LogP contribution in [0.3, 0.4) is 0 Å². The molecule has 25 heavy (non-hydrogen) atoms. The maximum atomic E-state index is 12.8. The number of aliphatic carboxylic acids is 1. The number of amides is 1. The predicted octanol–water partition coefficient (Wildman–Crippen LogP) is 1.80. The van der Waals surface area contributed by atoms with E-state index >= 15 is 0 Å². The number of benzene rings is 1. The number of aromatic nitrogens is 2. The van der Waals surface area contributed by atoms with Gasteiger partial charge in [-0.3, -0.25) is 4.79 Å². The van der Waals surface area contributed by atoms with Gasteiger partial charge in [-0.05, 0) is 39.0 Å². The number of ether oxygens (including phenoxy) is 1. The third-order valence-electron chi connectivity index (χ3n) is 4.21. The summed E-state index contributed by atoms with van der Waals surface area (Å²) in [5, 5.41) is 13.6. The van der Waals surface area contributed by atoms with E-state index in [9.17, 15) is 9.59 Å². The highest BCUT2D eigenvalue weighted by molar-refractivity contribution is 5.93. The van der Waals surface area contributed by atoms with E-state index in [2.05, 4.69) is 5.10 Å². The van der Waals surface area contributed by atoms with Crippen LogP contribution in [0, 0.1) is 13.8 Å². The first-order valence-electron chi connectivity index (χ1n) is 8.16. The van der Waals surface area contributed by atoms with Crippen LogP contribution in [0.4, 0.5) is 0 Å². The van der Waals surface area contributed by atoms with Gasteiger partial charge in [0.15, 0.2) is 11.8 Å². The first-order chi connectivity index (χ1) is 11.8. The lowest BCUT2D eigenvalue weighted by molar-refractivity contribution is -0.160. The normalized spacial score (nSPS) is 20.5. The summed E-state index contributed by atoms with van der Waals surface area (Å²) >= 11 is 0. The maximum Gasteiger partial charge on any atom is 0.334 e. The highest BCUT2D eigenvalue weighted by atomic mass is 16.5. The summed E-state index contributed by atoms with van der Waals surface area (Å²) in [4.78, 5) is 25.5. The van der Waals surface area contributed by atoms with Crippen LogP contribution in [0.5, 0.6) is 0 Å². The fraction of sp³-hybridized carbons (Fsp3) is 0.389. The van der Waals surface area contributed by atoms with Crippen LogP contribution < -0.4 is 0 Å². The molecule has 0 aliphatic carbocycles. The zero-order chi connectivity index (χ0) is 18.1. The molecule has 7 nitrogen and oxygen atoms in total. The summed E-state index contributed by atoms with van der Waals surface area (Å²) in [7, 11) is 0. The Hall–Kier alpha value is -2.67. The topological polar surface area (TPSA) is 84.7 Å². The lowest BCUT2D eigenvalue weighted by Crippen LogP contribution is -2.51. The molecule has 0 saturated carbocycles. The average molecular weight is 343 g/mol. The van der Waals surface area contributed by atoms with E-state index in [4.69, 9.17) is 9.84 Å². The zero-order valence-electron chi connectivity index (χ0n) is 14.5. The summed E-state index contributed by atoms with van der Waals surface area (Å²) in [6.45, 7) is 6.01. The minimum atomic E-state index is -1.06. The molecule has 0 radical (unpaired) electrons. The lowest BCUT2D eigenvalue weighted by atomic mass is 10.2. The van der Waals surface area contributed by atoms with Gasteiger partial charge in [0.25, 0.3) is 5.91 Å². The molecule has 7 heteroatoms. The summed E-state index contributed by atoms with van der Waals surface area (Å²) in [5.41, 5.74) is 3.16. The van der Waals surface area contributed by atoms with Crippen molar-refractivity contribution < 1.29 is 19.4 Å².